The van der Waals surface area contributed by atoms with Crippen molar-refractivity contribution in [2.45, 2.75) is 62.7 Å². The van der Waals surface area contributed by atoms with Crippen LogP contribution >= 0.6 is 0 Å². The minimum atomic E-state index is -2.59. The molecule has 3 aliphatic rings. The van der Waals surface area contributed by atoms with E-state index >= 15 is 4.79 Å². The molecule has 2 N–H and O–H groups in total. The predicted molar refractivity (Wildman–Crippen MR) is 223 cm³/mol. The van der Waals surface area contributed by atoms with Crippen LogP contribution in [0.25, 0.3) is 16.6 Å². The largest absolute Gasteiger partial charge is 0.497 e. The Morgan fingerprint density at radius 3 is 2.32 bits per heavy atom. The summed E-state index contributed by atoms with van der Waals surface area (Å²) in [6.07, 6.45) is -0.0372. The first-order valence-electron chi connectivity index (χ1n) is 19.6. The average molecular weight is 779 g/mol. The van der Waals surface area contributed by atoms with E-state index in [4.69, 9.17) is 9.47 Å². The first-order chi connectivity index (χ1) is 27.6. The zero-order valence-electron chi connectivity index (χ0n) is 32.5. The Bertz CT molecular complexity index is 2570. The highest BCUT2D eigenvalue weighted by atomic mass is 28.3. The highest BCUT2D eigenvalue weighted by Gasteiger charge is 2.67. The van der Waals surface area contributed by atoms with Gasteiger partial charge in [0.15, 0.2) is 5.60 Å². The maximum absolute atomic E-state index is 15.5. The third kappa shape index (κ3) is 5.78. The first-order valence-corrected chi connectivity index (χ1v) is 22.7. The number of hydrogen-bond donors (Lipinski definition) is 2. The normalized spacial score (nSPS) is 22.9. The lowest BCUT2D eigenvalue weighted by molar-refractivity contribution is -0.150. The van der Waals surface area contributed by atoms with Crippen molar-refractivity contribution < 1.29 is 24.2 Å². The number of anilines is 2. The summed E-state index contributed by atoms with van der Waals surface area (Å²) < 4.78 is 14.4. The number of aromatic nitrogens is 2. The van der Waals surface area contributed by atoms with Gasteiger partial charge in [-0.1, -0.05) is 91.9 Å². The molecule has 1 saturated heterocycles. The fourth-order valence-corrected chi connectivity index (χ4v) is 14.0. The summed E-state index contributed by atoms with van der Waals surface area (Å²) in [6.45, 7) is 6.91. The van der Waals surface area contributed by atoms with Gasteiger partial charge in [0.1, 0.15) is 5.75 Å². The van der Waals surface area contributed by atoms with E-state index in [1.165, 1.54) is 4.68 Å². The molecule has 0 bridgehead atoms. The van der Waals surface area contributed by atoms with Gasteiger partial charge in [-0.3, -0.25) is 24.4 Å². The molecule has 1 fully saturated rings. The van der Waals surface area contributed by atoms with Crippen molar-refractivity contribution in [3.8, 4) is 11.4 Å². The van der Waals surface area contributed by atoms with Gasteiger partial charge >= 0.3 is 0 Å². The van der Waals surface area contributed by atoms with E-state index in [0.29, 0.717) is 46.5 Å². The number of H-pyrrole nitrogens is 1. The Hall–Kier alpha value is -5.75. The third-order valence-electron chi connectivity index (χ3n) is 12.9. The number of para-hydroxylation sites is 2. The number of benzene rings is 5. The van der Waals surface area contributed by atoms with Gasteiger partial charge in [-0.2, -0.15) is 0 Å². The van der Waals surface area contributed by atoms with Gasteiger partial charge in [0.25, 0.3) is 11.5 Å². The number of aliphatic hydroxyl groups is 1. The van der Waals surface area contributed by atoms with Crippen molar-refractivity contribution in [1.82, 2.24) is 14.7 Å². The molecule has 11 heteroatoms. The fourth-order valence-electron chi connectivity index (χ4n) is 9.97. The van der Waals surface area contributed by atoms with Crippen LogP contribution in [0.15, 0.2) is 126 Å². The van der Waals surface area contributed by atoms with Gasteiger partial charge in [0.05, 0.1) is 62.6 Å². The van der Waals surface area contributed by atoms with Crippen LogP contribution < -0.4 is 20.4 Å². The van der Waals surface area contributed by atoms with Gasteiger partial charge in [-0.05, 0) is 77.7 Å². The molecule has 290 valence electrons. The second kappa shape index (κ2) is 14.0. The molecule has 1 spiro atoms. The monoisotopic (exact) mass is 778 g/mol. The molecule has 0 aliphatic carbocycles. The topological polar surface area (TPSA) is 117 Å². The van der Waals surface area contributed by atoms with Crippen LogP contribution in [-0.4, -0.2) is 65.5 Å². The summed E-state index contributed by atoms with van der Waals surface area (Å²) >= 11 is 0. The van der Waals surface area contributed by atoms with Gasteiger partial charge in [-0.25, -0.2) is 4.68 Å². The molecule has 1 aromatic heterocycles. The summed E-state index contributed by atoms with van der Waals surface area (Å²) in [4.78, 5) is 47.5. The molecule has 10 nitrogen and oxygen atoms in total. The molecular weight excluding hydrogens is 733 g/mol. The zero-order chi connectivity index (χ0) is 39.6. The molecule has 2 amide bonds. The molecular formula is C46H46N4O6Si. The second-order valence-electron chi connectivity index (χ2n) is 16.2. The second-order valence-corrected chi connectivity index (χ2v) is 20.9. The molecule has 6 aromatic rings. The van der Waals surface area contributed by atoms with E-state index in [-0.39, 0.29) is 47.9 Å². The number of amides is 2. The Kier molecular flexibility index (Phi) is 9.06. The van der Waals surface area contributed by atoms with Crippen molar-refractivity contribution in [3.63, 3.8) is 0 Å². The molecule has 9 rings (SSSR count). The van der Waals surface area contributed by atoms with Crippen LogP contribution in [0.3, 0.4) is 0 Å². The Balaban J connectivity index is 1.19. The van der Waals surface area contributed by atoms with Crippen LogP contribution in [0.5, 0.6) is 5.75 Å². The minimum absolute atomic E-state index is 0.0388. The summed E-state index contributed by atoms with van der Waals surface area (Å²) in [5.41, 5.74) is 3.64. The standard InChI is InChI=1S/C46H46N4O6Si/c1-29-43(57(3,4)36-21-19-35(55-2)20-22-36)41(26-42(52)48-27-31-13-9-8-12-30(31)24-34(48)28-51)56-46(29)38-25-33(50-44(53)37-16-10-11-17-39(37)47-50)18-23-40(38)49(45(46)54)32-14-6-5-7-15-32/h5-23,25,29,34,41,43,47,51H,24,26-28H2,1-4H3/t29-,34+,41+,43-,46+/m1/s1. The fraction of sp³-hybridized carbons (Fsp3) is 0.283. The van der Waals surface area contributed by atoms with E-state index in [1.54, 1.807) is 23.0 Å². The van der Waals surface area contributed by atoms with E-state index in [0.717, 1.165) is 22.1 Å². The van der Waals surface area contributed by atoms with E-state index in [9.17, 15) is 14.7 Å². The molecule has 5 atom stereocenters. The summed E-state index contributed by atoms with van der Waals surface area (Å²) in [5, 5.41) is 15.5. The Morgan fingerprint density at radius 1 is 0.895 bits per heavy atom. The van der Waals surface area contributed by atoms with Crippen molar-refractivity contribution in [3.05, 3.63) is 148 Å². The van der Waals surface area contributed by atoms with Gasteiger partial charge in [0.2, 0.25) is 5.91 Å². The Labute approximate surface area is 332 Å². The minimum Gasteiger partial charge on any atom is -0.497 e. The number of fused-ring (bicyclic) bond motifs is 4. The molecule has 57 heavy (non-hydrogen) atoms. The van der Waals surface area contributed by atoms with Gasteiger partial charge in [0, 0.05) is 23.7 Å². The van der Waals surface area contributed by atoms with Crippen molar-refractivity contribution in [2.24, 2.45) is 5.92 Å². The summed E-state index contributed by atoms with van der Waals surface area (Å²) in [5.74, 6) is 0.0220. The highest BCUT2D eigenvalue weighted by Crippen LogP contribution is 2.61. The molecule has 0 radical (unpaired) electrons. The highest BCUT2D eigenvalue weighted by molar-refractivity contribution is 6.91. The van der Waals surface area contributed by atoms with Crippen LogP contribution in [0.1, 0.15) is 30.0 Å². The predicted octanol–water partition coefficient (Wildman–Crippen LogP) is 6.56. The van der Waals surface area contributed by atoms with Gasteiger partial charge in [-0.15, -0.1) is 0 Å². The number of rotatable bonds is 8. The van der Waals surface area contributed by atoms with E-state index in [2.05, 4.69) is 43.3 Å². The van der Waals surface area contributed by atoms with Crippen LogP contribution in [0, 0.1) is 5.92 Å². The Morgan fingerprint density at radius 2 is 1.60 bits per heavy atom. The number of aliphatic hydroxyl groups excluding tert-OH is 1. The SMILES string of the molecule is COc1ccc([Si](C)(C)[C@H]2[C@H](CC(=O)N3Cc4ccccc4C[C@H]3CO)O[C@@]3(C(=O)N(c4ccccc4)c4ccc(-n5[nH]c6ccccc6c5=O)cc43)[C@@H]2C)cc1. The number of carbonyl (C=O) groups excluding carboxylic acids is 2. The smallest absolute Gasteiger partial charge is 0.279 e. The molecule has 3 aliphatic heterocycles. The number of ether oxygens (including phenoxy) is 2. The molecule has 4 heterocycles. The lowest BCUT2D eigenvalue weighted by Gasteiger charge is -2.39. The molecule has 0 unspecified atom stereocenters. The van der Waals surface area contributed by atoms with Gasteiger partial charge < -0.3 is 19.5 Å². The summed E-state index contributed by atoms with van der Waals surface area (Å²) in [7, 11) is -0.948. The van der Waals surface area contributed by atoms with E-state index in [1.807, 2.05) is 97.1 Å². The maximum Gasteiger partial charge on any atom is 0.279 e. The number of aromatic amines is 1. The molecule has 0 saturated carbocycles. The van der Waals surface area contributed by atoms with E-state index < -0.39 is 19.8 Å². The lowest BCUT2D eigenvalue weighted by atomic mass is 9.82. The number of nitrogens with one attached hydrogen (secondary N) is 1. The number of nitrogens with zero attached hydrogens (tertiary/aromatic N) is 3. The number of methoxy groups -OCH3 is 1. The lowest BCUT2D eigenvalue weighted by Crippen LogP contribution is -2.52. The van der Waals surface area contributed by atoms with Crippen LogP contribution in [0.4, 0.5) is 11.4 Å². The van der Waals surface area contributed by atoms with Crippen molar-refractivity contribution in [1.29, 1.82) is 0 Å². The van der Waals surface area contributed by atoms with Crippen LogP contribution in [0.2, 0.25) is 18.6 Å². The number of carbonyl (C=O) groups is 2. The quantitative estimate of drug-likeness (QED) is 0.169. The first kappa shape index (κ1) is 36.9. The zero-order valence-corrected chi connectivity index (χ0v) is 33.5. The number of hydrogen-bond acceptors (Lipinski definition) is 6. The third-order valence-corrected chi connectivity index (χ3v) is 17.2. The average Bonchev–Trinajstić information content (AvgIpc) is 3.82. The van der Waals surface area contributed by atoms with Crippen LogP contribution in [-0.2, 0) is 32.9 Å². The van der Waals surface area contributed by atoms with Crippen molar-refractivity contribution >= 4 is 47.4 Å². The summed E-state index contributed by atoms with van der Waals surface area (Å²) in [6, 6.07) is 38.4. The van der Waals surface area contributed by atoms with Crippen molar-refractivity contribution in [2.75, 3.05) is 18.6 Å². The maximum atomic E-state index is 15.5. The molecule has 5 aromatic carbocycles.